The molecule has 0 amide bonds. The lowest BCUT2D eigenvalue weighted by Crippen LogP contribution is -2.44. The predicted molar refractivity (Wildman–Crippen MR) is 119 cm³/mol. The van der Waals surface area contributed by atoms with Crippen molar-refractivity contribution < 1.29 is 9.63 Å². The molecule has 6 heteroatoms. The third-order valence-electron chi connectivity index (χ3n) is 4.29. The summed E-state index contributed by atoms with van der Waals surface area (Å²) < 4.78 is 0.510. The first-order valence-corrected chi connectivity index (χ1v) is 13.4. The molecule has 138 valence electrons. The summed E-state index contributed by atoms with van der Waals surface area (Å²) >= 11 is 6.75. The Morgan fingerprint density at radius 1 is 1.12 bits per heavy atom. The minimum atomic E-state index is -1.73. The van der Waals surface area contributed by atoms with Crippen LogP contribution in [0.1, 0.15) is 6.92 Å². The molecule has 0 heterocycles. The molecule has 3 nitrogen and oxygen atoms in total. The quantitative estimate of drug-likeness (QED) is 0.404. The predicted octanol–water partition coefficient (Wildman–Crippen LogP) is 4.85. The van der Waals surface area contributed by atoms with Crippen molar-refractivity contribution in [2.75, 3.05) is 11.3 Å². The molecule has 26 heavy (non-hydrogen) atoms. The van der Waals surface area contributed by atoms with E-state index in [0.717, 1.165) is 11.7 Å². The summed E-state index contributed by atoms with van der Waals surface area (Å²) in [6, 6.07) is 20.7. The molecule has 2 aromatic rings. The number of hydrogen-bond acceptors (Lipinski definition) is 4. The summed E-state index contributed by atoms with van der Waals surface area (Å²) in [5.41, 5.74) is 0.756. The maximum atomic E-state index is 12.7. The summed E-state index contributed by atoms with van der Waals surface area (Å²) in [7, 11) is -1.73. The Hall–Kier alpha value is -1.63. The zero-order valence-corrected chi connectivity index (χ0v) is 18.3. The highest BCUT2D eigenvalue weighted by atomic mass is 32.2. The van der Waals surface area contributed by atoms with Crippen LogP contribution in [0.3, 0.4) is 0 Å². The first-order valence-electron chi connectivity index (χ1n) is 8.55. The van der Waals surface area contributed by atoms with Crippen LogP contribution < -0.4 is 10.2 Å². The van der Waals surface area contributed by atoms with Gasteiger partial charge in [-0.05, 0) is 36.7 Å². The fraction of sp³-hybridized carbons (Fsp3) is 0.300. The topological polar surface area (TPSA) is 29.5 Å². The fourth-order valence-corrected chi connectivity index (χ4v) is 6.36. The third-order valence-corrected chi connectivity index (χ3v) is 9.00. The SMILES string of the molecule is CSC(=S)N(OC(=O)C(C)C[Si](C)(C)c1ccccc1)c1ccccc1. The molecule has 0 radical (unpaired) electrons. The molecule has 0 fully saturated rings. The van der Waals surface area contributed by atoms with E-state index >= 15 is 0 Å². The Bertz CT molecular complexity index is 738. The van der Waals surface area contributed by atoms with Gasteiger partial charge in [-0.25, -0.2) is 4.79 Å². The lowest BCUT2D eigenvalue weighted by Gasteiger charge is -2.28. The van der Waals surface area contributed by atoms with Gasteiger partial charge in [0.15, 0.2) is 4.32 Å². The molecule has 2 rings (SSSR count). The van der Waals surface area contributed by atoms with Crippen LogP contribution in [-0.2, 0) is 9.63 Å². The van der Waals surface area contributed by atoms with Crippen LogP contribution in [0.2, 0.25) is 19.1 Å². The molecule has 0 spiro atoms. The fourth-order valence-electron chi connectivity index (χ4n) is 2.88. The van der Waals surface area contributed by atoms with E-state index in [1.54, 1.807) is 0 Å². The lowest BCUT2D eigenvalue weighted by atomic mass is 10.2. The van der Waals surface area contributed by atoms with Gasteiger partial charge in [0.2, 0.25) is 0 Å². The molecule has 0 aliphatic heterocycles. The average molecular weight is 404 g/mol. The van der Waals surface area contributed by atoms with E-state index in [1.165, 1.54) is 22.0 Å². The Labute approximate surface area is 166 Å². The highest BCUT2D eigenvalue weighted by Gasteiger charge is 2.31. The van der Waals surface area contributed by atoms with E-state index in [4.69, 9.17) is 17.1 Å². The average Bonchev–Trinajstić information content (AvgIpc) is 2.66. The molecule has 0 N–H and O–H groups in total. The van der Waals surface area contributed by atoms with Crippen LogP contribution in [0.5, 0.6) is 0 Å². The molecule has 1 atom stereocenters. The van der Waals surface area contributed by atoms with E-state index in [1.807, 2.05) is 49.6 Å². The minimum Gasteiger partial charge on any atom is -0.334 e. The van der Waals surface area contributed by atoms with Crippen LogP contribution in [0.4, 0.5) is 5.69 Å². The maximum absolute atomic E-state index is 12.7. The van der Waals surface area contributed by atoms with E-state index < -0.39 is 8.07 Å². The third kappa shape index (κ3) is 5.43. The molecule has 0 aliphatic carbocycles. The first-order chi connectivity index (χ1) is 12.3. The largest absolute Gasteiger partial charge is 0.335 e. The van der Waals surface area contributed by atoms with E-state index in [0.29, 0.717) is 4.32 Å². The number of carbonyl (C=O) groups is 1. The van der Waals surface area contributed by atoms with Crippen LogP contribution >= 0.6 is 24.0 Å². The zero-order valence-electron chi connectivity index (χ0n) is 15.6. The van der Waals surface area contributed by atoms with Gasteiger partial charge in [0, 0.05) is 0 Å². The molecule has 0 bridgehead atoms. The Balaban J connectivity index is 2.10. The number of carbonyl (C=O) groups excluding carboxylic acids is 1. The molecule has 2 aromatic carbocycles. The van der Waals surface area contributed by atoms with Crippen molar-refractivity contribution in [3.8, 4) is 0 Å². The van der Waals surface area contributed by atoms with E-state index in [9.17, 15) is 4.79 Å². The van der Waals surface area contributed by atoms with Gasteiger partial charge in [-0.15, -0.1) is 0 Å². The monoisotopic (exact) mass is 403 g/mol. The van der Waals surface area contributed by atoms with Gasteiger partial charge in [-0.2, -0.15) is 5.06 Å². The number of thiocarbonyl (C=S) groups is 1. The Kier molecular flexibility index (Phi) is 7.43. The summed E-state index contributed by atoms with van der Waals surface area (Å²) in [5, 5.41) is 2.80. The van der Waals surface area contributed by atoms with Crippen molar-refractivity contribution in [1.29, 1.82) is 0 Å². The standard InChI is InChI=1S/C20H25NO2S2Si/c1-16(15-26(3,4)18-13-9-6-10-14-18)19(22)23-21(20(24)25-2)17-11-7-5-8-12-17/h5-14,16H,15H2,1-4H3. The van der Waals surface area contributed by atoms with Crippen molar-refractivity contribution >= 4 is 53.2 Å². The number of hydroxylamine groups is 1. The molecule has 0 saturated heterocycles. The Morgan fingerprint density at radius 3 is 2.19 bits per heavy atom. The van der Waals surface area contributed by atoms with Crippen molar-refractivity contribution in [2.24, 2.45) is 5.92 Å². The minimum absolute atomic E-state index is 0.201. The van der Waals surface area contributed by atoms with Crippen LogP contribution in [0.15, 0.2) is 60.7 Å². The van der Waals surface area contributed by atoms with Gasteiger partial charge in [0.05, 0.1) is 19.7 Å². The molecule has 0 aromatic heterocycles. The van der Waals surface area contributed by atoms with E-state index in [2.05, 4.69) is 37.4 Å². The normalized spacial score (nSPS) is 12.3. The summed E-state index contributed by atoms with van der Waals surface area (Å²) in [4.78, 5) is 18.4. The van der Waals surface area contributed by atoms with Gasteiger partial charge in [-0.1, -0.05) is 85.5 Å². The first kappa shape index (κ1) is 20.7. The molecule has 0 saturated carbocycles. The second kappa shape index (κ2) is 9.35. The smallest absolute Gasteiger partial charge is 0.334 e. The molecular formula is C20H25NO2S2Si. The number of benzene rings is 2. The second-order valence-electron chi connectivity index (χ2n) is 6.87. The second-order valence-corrected chi connectivity index (χ2v) is 13.1. The van der Waals surface area contributed by atoms with Gasteiger partial charge in [0.1, 0.15) is 0 Å². The lowest BCUT2D eigenvalue weighted by molar-refractivity contribution is -0.146. The van der Waals surface area contributed by atoms with Crippen LogP contribution in [-0.4, -0.2) is 24.6 Å². The van der Waals surface area contributed by atoms with Gasteiger partial charge >= 0.3 is 5.97 Å². The molecule has 1 unspecified atom stereocenters. The number of nitrogens with zero attached hydrogens (tertiary/aromatic N) is 1. The highest BCUT2D eigenvalue weighted by Crippen LogP contribution is 2.23. The number of rotatable bonds is 5. The van der Waals surface area contributed by atoms with Crippen molar-refractivity contribution in [2.45, 2.75) is 26.1 Å². The number of para-hydroxylation sites is 1. The van der Waals surface area contributed by atoms with Gasteiger partial charge < -0.3 is 4.84 Å². The Morgan fingerprint density at radius 2 is 1.65 bits per heavy atom. The number of thioether (sulfide) groups is 1. The number of anilines is 1. The van der Waals surface area contributed by atoms with Crippen LogP contribution in [0, 0.1) is 5.92 Å². The van der Waals surface area contributed by atoms with Crippen molar-refractivity contribution in [1.82, 2.24) is 0 Å². The van der Waals surface area contributed by atoms with Crippen LogP contribution in [0.25, 0.3) is 0 Å². The highest BCUT2D eigenvalue weighted by molar-refractivity contribution is 8.22. The summed E-state index contributed by atoms with van der Waals surface area (Å²) in [5.74, 6) is -0.450. The summed E-state index contributed by atoms with van der Waals surface area (Å²) in [6.45, 7) is 6.51. The molecule has 0 aliphatic rings. The van der Waals surface area contributed by atoms with E-state index in [-0.39, 0.29) is 11.9 Å². The maximum Gasteiger partial charge on any atom is 0.335 e. The molecular weight excluding hydrogens is 378 g/mol. The zero-order chi connectivity index (χ0) is 19.2. The van der Waals surface area contributed by atoms with Crippen molar-refractivity contribution in [3.63, 3.8) is 0 Å². The van der Waals surface area contributed by atoms with Gasteiger partial charge in [0.25, 0.3) is 0 Å². The van der Waals surface area contributed by atoms with Gasteiger partial charge in [-0.3, -0.25) is 0 Å². The summed E-state index contributed by atoms with van der Waals surface area (Å²) in [6.07, 6.45) is 1.88. The van der Waals surface area contributed by atoms with Crippen molar-refractivity contribution in [3.05, 3.63) is 60.7 Å². The number of hydrogen-bond donors (Lipinski definition) is 0.